The monoisotopic (exact) mass is 193 g/mol. The molecule has 1 aromatic carbocycles. The highest BCUT2D eigenvalue weighted by Crippen LogP contribution is 2.28. The smallest absolute Gasteiger partial charge is 0.0604 e. The number of anilines is 1. The molecular formula is C12H19NO. The maximum Gasteiger partial charge on any atom is 0.0604 e. The van der Waals surface area contributed by atoms with E-state index in [1.807, 2.05) is 12.1 Å². The van der Waals surface area contributed by atoms with Crippen LogP contribution in [0.3, 0.4) is 0 Å². The molecule has 0 fully saturated rings. The topological polar surface area (TPSA) is 32.3 Å². The average Bonchev–Trinajstić information content (AvgIpc) is 2.14. The average molecular weight is 193 g/mol. The Morgan fingerprint density at radius 3 is 2.43 bits per heavy atom. The van der Waals surface area contributed by atoms with Gasteiger partial charge in [0, 0.05) is 12.2 Å². The lowest BCUT2D eigenvalue weighted by molar-refractivity contribution is 0.311. The van der Waals surface area contributed by atoms with Gasteiger partial charge in [-0.05, 0) is 17.0 Å². The van der Waals surface area contributed by atoms with Crippen molar-refractivity contribution >= 4 is 5.69 Å². The summed E-state index contributed by atoms with van der Waals surface area (Å²) in [5.41, 5.74) is 2.54. The molecule has 0 heterocycles. The summed E-state index contributed by atoms with van der Waals surface area (Å²) < 4.78 is 0. The highest BCUT2D eigenvalue weighted by Gasteiger charge is 2.16. The van der Waals surface area contributed by atoms with Crippen LogP contribution >= 0.6 is 0 Å². The van der Waals surface area contributed by atoms with Gasteiger partial charge in [-0.3, -0.25) is 0 Å². The van der Waals surface area contributed by atoms with Crippen LogP contribution in [0.4, 0.5) is 5.69 Å². The summed E-state index contributed by atoms with van der Waals surface area (Å²) in [5, 5.41) is 12.0. The third-order valence-corrected chi connectivity index (χ3v) is 2.16. The second kappa shape index (κ2) is 4.47. The Bertz CT molecular complexity index is 289. The summed E-state index contributed by atoms with van der Waals surface area (Å²) in [4.78, 5) is 0. The minimum absolute atomic E-state index is 0.138. The van der Waals surface area contributed by atoms with Gasteiger partial charge in [-0.1, -0.05) is 39.0 Å². The van der Waals surface area contributed by atoms with E-state index in [4.69, 9.17) is 5.11 Å². The molecule has 0 spiro atoms. The SMILES string of the molecule is CC(C)(C)c1ccccc1NCCO. The Kier molecular flexibility index (Phi) is 3.53. The normalized spacial score (nSPS) is 11.4. The fourth-order valence-corrected chi connectivity index (χ4v) is 1.48. The predicted octanol–water partition coefficient (Wildman–Crippen LogP) is 2.39. The lowest BCUT2D eigenvalue weighted by atomic mass is 9.86. The Morgan fingerprint density at radius 1 is 1.21 bits per heavy atom. The number of hydrogen-bond acceptors (Lipinski definition) is 2. The number of benzene rings is 1. The summed E-state index contributed by atoms with van der Waals surface area (Å²) in [6.45, 7) is 7.33. The van der Waals surface area contributed by atoms with Crippen molar-refractivity contribution in [1.29, 1.82) is 0 Å². The van der Waals surface area contributed by atoms with E-state index in [2.05, 4.69) is 38.2 Å². The maximum absolute atomic E-state index is 8.76. The fraction of sp³-hybridized carbons (Fsp3) is 0.500. The molecule has 0 amide bonds. The molecule has 0 unspecified atom stereocenters. The summed E-state index contributed by atoms with van der Waals surface area (Å²) in [6, 6.07) is 8.23. The van der Waals surface area contributed by atoms with Gasteiger partial charge in [0.1, 0.15) is 0 Å². The molecule has 78 valence electrons. The number of aliphatic hydroxyl groups is 1. The molecule has 1 rings (SSSR count). The zero-order valence-corrected chi connectivity index (χ0v) is 9.17. The van der Waals surface area contributed by atoms with Crippen LogP contribution in [-0.2, 0) is 5.41 Å². The van der Waals surface area contributed by atoms with Crippen molar-refractivity contribution in [1.82, 2.24) is 0 Å². The number of para-hydroxylation sites is 1. The molecule has 14 heavy (non-hydrogen) atoms. The molecular weight excluding hydrogens is 174 g/mol. The predicted molar refractivity (Wildman–Crippen MR) is 60.7 cm³/mol. The zero-order valence-electron chi connectivity index (χ0n) is 9.17. The Morgan fingerprint density at radius 2 is 1.86 bits per heavy atom. The van der Waals surface area contributed by atoms with Crippen LogP contribution in [0.15, 0.2) is 24.3 Å². The maximum atomic E-state index is 8.76. The number of hydrogen-bond donors (Lipinski definition) is 2. The highest BCUT2D eigenvalue weighted by molar-refractivity contribution is 5.54. The van der Waals surface area contributed by atoms with Crippen molar-refractivity contribution < 1.29 is 5.11 Å². The molecule has 0 bridgehead atoms. The third-order valence-electron chi connectivity index (χ3n) is 2.16. The van der Waals surface area contributed by atoms with Crippen LogP contribution in [0.2, 0.25) is 0 Å². The van der Waals surface area contributed by atoms with Crippen molar-refractivity contribution in [2.75, 3.05) is 18.5 Å². The van der Waals surface area contributed by atoms with Crippen LogP contribution in [0.1, 0.15) is 26.3 Å². The van der Waals surface area contributed by atoms with Gasteiger partial charge in [-0.2, -0.15) is 0 Å². The molecule has 2 heteroatoms. The van der Waals surface area contributed by atoms with Crippen LogP contribution in [0.25, 0.3) is 0 Å². The molecule has 0 aromatic heterocycles. The van der Waals surface area contributed by atoms with Crippen LogP contribution in [-0.4, -0.2) is 18.3 Å². The Hall–Kier alpha value is -1.02. The lowest BCUT2D eigenvalue weighted by Gasteiger charge is -2.23. The van der Waals surface area contributed by atoms with Gasteiger partial charge in [-0.15, -0.1) is 0 Å². The summed E-state index contributed by atoms with van der Waals surface area (Å²) in [6.07, 6.45) is 0. The quantitative estimate of drug-likeness (QED) is 0.772. The van der Waals surface area contributed by atoms with Crippen molar-refractivity contribution in [2.24, 2.45) is 0 Å². The van der Waals surface area contributed by atoms with E-state index >= 15 is 0 Å². The van der Waals surface area contributed by atoms with Crippen molar-refractivity contribution in [2.45, 2.75) is 26.2 Å². The number of rotatable bonds is 3. The first-order chi connectivity index (χ1) is 6.55. The third kappa shape index (κ3) is 2.74. The number of nitrogens with one attached hydrogen (secondary N) is 1. The van der Waals surface area contributed by atoms with Gasteiger partial charge in [-0.25, -0.2) is 0 Å². The van der Waals surface area contributed by atoms with Gasteiger partial charge in [0.25, 0.3) is 0 Å². The Labute approximate surface area is 86.0 Å². The minimum Gasteiger partial charge on any atom is -0.395 e. The van der Waals surface area contributed by atoms with Crippen LogP contribution in [0, 0.1) is 0 Å². The van der Waals surface area contributed by atoms with Crippen molar-refractivity contribution in [3.63, 3.8) is 0 Å². The highest BCUT2D eigenvalue weighted by atomic mass is 16.3. The van der Waals surface area contributed by atoms with E-state index in [1.54, 1.807) is 0 Å². The fourth-order valence-electron chi connectivity index (χ4n) is 1.48. The molecule has 2 nitrogen and oxygen atoms in total. The second-order valence-electron chi connectivity index (χ2n) is 4.45. The molecule has 0 aliphatic rings. The standard InChI is InChI=1S/C12H19NO/c1-12(2,3)10-6-4-5-7-11(10)13-8-9-14/h4-7,13-14H,8-9H2,1-3H3. The summed E-state index contributed by atoms with van der Waals surface area (Å²) in [7, 11) is 0. The van der Waals surface area contributed by atoms with Crippen molar-refractivity contribution in [3.8, 4) is 0 Å². The van der Waals surface area contributed by atoms with Crippen LogP contribution < -0.4 is 5.32 Å². The van der Waals surface area contributed by atoms with E-state index < -0.39 is 0 Å². The van der Waals surface area contributed by atoms with E-state index in [1.165, 1.54) is 5.56 Å². The number of aliphatic hydroxyl groups excluding tert-OH is 1. The molecule has 0 saturated heterocycles. The molecule has 0 radical (unpaired) electrons. The molecule has 1 aromatic rings. The molecule has 0 atom stereocenters. The summed E-state index contributed by atoms with van der Waals surface area (Å²) in [5.74, 6) is 0. The molecule has 0 saturated carbocycles. The van der Waals surface area contributed by atoms with E-state index in [0.717, 1.165) is 5.69 Å². The molecule has 2 N–H and O–H groups in total. The Balaban J connectivity index is 2.92. The first kappa shape index (κ1) is 11.1. The summed E-state index contributed by atoms with van der Waals surface area (Å²) >= 11 is 0. The first-order valence-electron chi connectivity index (χ1n) is 5.00. The lowest BCUT2D eigenvalue weighted by Crippen LogP contribution is -2.16. The largest absolute Gasteiger partial charge is 0.395 e. The van der Waals surface area contributed by atoms with Crippen LogP contribution in [0.5, 0.6) is 0 Å². The van der Waals surface area contributed by atoms with Gasteiger partial charge in [0.15, 0.2) is 0 Å². The molecule has 0 aliphatic heterocycles. The van der Waals surface area contributed by atoms with Gasteiger partial charge >= 0.3 is 0 Å². The van der Waals surface area contributed by atoms with Gasteiger partial charge in [0.05, 0.1) is 6.61 Å². The zero-order chi connectivity index (χ0) is 10.6. The van der Waals surface area contributed by atoms with E-state index in [-0.39, 0.29) is 12.0 Å². The van der Waals surface area contributed by atoms with E-state index in [9.17, 15) is 0 Å². The van der Waals surface area contributed by atoms with Crippen molar-refractivity contribution in [3.05, 3.63) is 29.8 Å². The first-order valence-corrected chi connectivity index (χ1v) is 5.00. The van der Waals surface area contributed by atoms with E-state index in [0.29, 0.717) is 6.54 Å². The minimum atomic E-state index is 0.138. The molecule has 0 aliphatic carbocycles. The van der Waals surface area contributed by atoms with Gasteiger partial charge < -0.3 is 10.4 Å². The second-order valence-corrected chi connectivity index (χ2v) is 4.45. The van der Waals surface area contributed by atoms with Gasteiger partial charge in [0.2, 0.25) is 0 Å².